The molecule has 0 aromatic heterocycles. The van der Waals surface area contributed by atoms with E-state index in [1.54, 1.807) is 0 Å². The summed E-state index contributed by atoms with van der Waals surface area (Å²) in [6, 6.07) is 9.09. The minimum atomic E-state index is 0.483. The Labute approximate surface area is 91.6 Å². The number of fused-ring (bicyclic) bond motifs is 1. The van der Waals surface area contributed by atoms with Gasteiger partial charge in [0.15, 0.2) is 0 Å². The van der Waals surface area contributed by atoms with Crippen molar-refractivity contribution in [2.45, 2.75) is 32.4 Å². The van der Waals surface area contributed by atoms with Crippen LogP contribution in [0.3, 0.4) is 0 Å². The van der Waals surface area contributed by atoms with Gasteiger partial charge in [0, 0.05) is 12.0 Å². The molecule has 2 rings (SSSR count). The molecular formula is C13H19NO. The van der Waals surface area contributed by atoms with Gasteiger partial charge in [0.2, 0.25) is 0 Å². The van der Waals surface area contributed by atoms with Crippen molar-refractivity contribution in [1.82, 2.24) is 5.32 Å². The van der Waals surface area contributed by atoms with Crippen molar-refractivity contribution in [3.63, 3.8) is 0 Å². The SMILES string of the molecule is CCNC(C)C1COCc2ccccc21. The molecule has 0 fully saturated rings. The van der Waals surface area contributed by atoms with Crippen LogP contribution in [-0.2, 0) is 11.3 Å². The maximum Gasteiger partial charge on any atom is 0.0719 e. The molecule has 2 atom stereocenters. The molecule has 0 aliphatic carbocycles. The van der Waals surface area contributed by atoms with Crippen molar-refractivity contribution in [3.05, 3.63) is 35.4 Å². The summed E-state index contributed by atoms with van der Waals surface area (Å²) in [6.07, 6.45) is 0. The van der Waals surface area contributed by atoms with Gasteiger partial charge in [-0.1, -0.05) is 31.2 Å². The van der Waals surface area contributed by atoms with Crippen LogP contribution >= 0.6 is 0 Å². The molecule has 0 saturated carbocycles. The molecule has 0 saturated heterocycles. The second kappa shape index (κ2) is 4.77. The van der Waals surface area contributed by atoms with Gasteiger partial charge in [-0.15, -0.1) is 0 Å². The standard InChI is InChI=1S/C13H19NO/c1-3-14-10(2)13-9-15-8-11-6-4-5-7-12(11)13/h4-7,10,13-14H,3,8-9H2,1-2H3. The molecule has 82 valence electrons. The van der Waals surface area contributed by atoms with Crippen LogP contribution in [0.15, 0.2) is 24.3 Å². The van der Waals surface area contributed by atoms with Crippen LogP contribution in [0.5, 0.6) is 0 Å². The topological polar surface area (TPSA) is 21.3 Å². The molecule has 2 heteroatoms. The van der Waals surface area contributed by atoms with Crippen molar-refractivity contribution in [3.8, 4) is 0 Å². The molecular weight excluding hydrogens is 186 g/mol. The van der Waals surface area contributed by atoms with Gasteiger partial charge < -0.3 is 10.1 Å². The Morgan fingerprint density at radius 3 is 3.07 bits per heavy atom. The van der Waals surface area contributed by atoms with Gasteiger partial charge >= 0.3 is 0 Å². The fourth-order valence-electron chi connectivity index (χ4n) is 2.29. The van der Waals surface area contributed by atoms with Gasteiger partial charge in [-0.2, -0.15) is 0 Å². The third-order valence-electron chi connectivity index (χ3n) is 3.14. The van der Waals surface area contributed by atoms with Crippen LogP contribution in [0.4, 0.5) is 0 Å². The lowest BCUT2D eigenvalue weighted by Crippen LogP contribution is -2.36. The first-order valence-electron chi connectivity index (χ1n) is 5.72. The number of hydrogen-bond donors (Lipinski definition) is 1. The summed E-state index contributed by atoms with van der Waals surface area (Å²) in [6.45, 7) is 7.00. The third-order valence-corrected chi connectivity index (χ3v) is 3.14. The van der Waals surface area contributed by atoms with Crippen molar-refractivity contribution >= 4 is 0 Å². The predicted octanol–water partition coefficient (Wildman–Crippen LogP) is 2.30. The molecule has 0 amide bonds. The summed E-state index contributed by atoms with van der Waals surface area (Å²) in [7, 11) is 0. The van der Waals surface area contributed by atoms with Gasteiger partial charge in [-0.25, -0.2) is 0 Å². The van der Waals surface area contributed by atoms with Crippen LogP contribution in [0.2, 0.25) is 0 Å². The molecule has 1 aliphatic rings. The van der Waals surface area contributed by atoms with Gasteiger partial charge in [-0.05, 0) is 24.6 Å². The molecule has 15 heavy (non-hydrogen) atoms. The molecule has 1 aliphatic heterocycles. The largest absolute Gasteiger partial charge is 0.376 e. The highest BCUT2D eigenvalue weighted by Gasteiger charge is 2.24. The highest BCUT2D eigenvalue weighted by Crippen LogP contribution is 2.28. The number of benzene rings is 1. The Bertz CT molecular complexity index is 324. The third kappa shape index (κ3) is 2.21. The van der Waals surface area contributed by atoms with Crippen molar-refractivity contribution < 1.29 is 4.74 Å². The zero-order valence-electron chi connectivity index (χ0n) is 9.49. The lowest BCUT2D eigenvalue weighted by atomic mass is 9.88. The number of rotatable bonds is 3. The van der Waals surface area contributed by atoms with Crippen LogP contribution in [0.25, 0.3) is 0 Å². The zero-order chi connectivity index (χ0) is 10.7. The lowest BCUT2D eigenvalue weighted by Gasteiger charge is -2.30. The molecule has 2 unspecified atom stereocenters. The maximum absolute atomic E-state index is 5.64. The van der Waals surface area contributed by atoms with Crippen LogP contribution in [-0.4, -0.2) is 19.2 Å². The Balaban J connectivity index is 2.21. The quantitative estimate of drug-likeness (QED) is 0.817. The minimum absolute atomic E-state index is 0.483. The second-order valence-electron chi connectivity index (χ2n) is 4.17. The van der Waals surface area contributed by atoms with Crippen molar-refractivity contribution in [2.75, 3.05) is 13.2 Å². The van der Waals surface area contributed by atoms with E-state index in [0.717, 1.165) is 19.8 Å². The molecule has 1 aromatic carbocycles. The summed E-state index contributed by atoms with van der Waals surface area (Å²) in [5.74, 6) is 0.495. The maximum atomic E-state index is 5.64. The summed E-state index contributed by atoms with van der Waals surface area (Å²) in [5, 5.41) is 3.48. The smallest absolute Gasteiger partial charge is 0.0719 e. The summed E-state index contributed by atoms with van der Waals surface area (Å²) in [4.78, 5) is 0. The van der Waals surface area contributed by atoms with E-state index in [0.29, 0.717) is 12.0 Å². The summed E-state index contributed by atoms with van der Waals surface area (Å²) < 4.78 is 5.64. The first kappa shape index (κ1) is 10.7. The Morgan fingerprint density at radius 2 is 2.27 bits per heavy atom. The second-order valence-corrected chi connectivity index (χ2v) is 4.17. The number of ether oxygens (including phenoxy) is 1. The zero-order valence-corrected chi connectivity index (χ0v) is 9.49. The van der Waals surface area contributed by atoms with E-state index in [2.05, 4.69) is 43.4 Å². The number of hydrogen-bond acceptors (Lipinski definition) is 2. The average molecular weight is 205 g/mol. The molecule has 0 spiro atoms. The Morgan fingerprint density at radius 1 is 1.47 bits per heavy atom. The molecule has 1 N–H and O–H groups in total. The molecule has 1 aromatic rings. The van der Waals surface area contributed by atoms with E-state index < -0.39 is 0 Å². The highest BCUT2D eigenvalue weighted by molar-refractivity contribution is 5.32. The van der Waals surface area contributed by atoms with E-state index in [1.807, 2.05) is 0 Å². The van der Waals surface area contributed by atoms with Crippen molar-refractivity contribution in [1.29, 1.82) is 0 Å². The van der Waals surface area contributed by atoms with Crippen LogP contribution in [0.1, 0.15) is 30.9 Å². The number of nitrogens with one attached hydrogen (secondary N) is 1. The normalized spacial score (nSPS) is 22.1. The summed E-state index contributed by atoms with van der Waals surface area (Å²) >= 11 is 0. The molecule has 0 radical (unpaired) electrons. The van der Waals surface area contributed by atoms with E-state index in [4.69, 9.17) is 4.74 Å². The van der Waals surface area contributed by atoms with Crippen molar-refractivity contribution in [2.24, 2.45) is 0 Å². The monoisotopic (exact) mass is 205 g/mol. The first-order chi connectivity index (χ1) is 7.33. The molecule has 2 nitrogen and oxygen atoms in total. The lowest BCUT2D eigenvalue weighted by molar-refractivity contribution is 0.0823. The van der Waals surface area contributed by atoms with Crippen LogP contribution in [0, 0.1) is 0 Å². The predicted molar refractivity (Wildman–Crippen MR) is 62.0 cm³/mol. The summed E-state index contributed by atoms with van der Waals surface area (Å²) in [5.41, 5.74) is 2.80. The van der Waals surface area contributed by atoms with Gasteiger partial charge in [0.05, 0.1) is 13.2 Å². The highest BCUT2D eigenvalue weighted by atomic mass is 16.5. The van der Waals surface area contributed by atoms with Gasteiger partial charge in [0.1, 0.15) is 0 Å². The number of likely N-dealkylation sites (N-methyl/N-ethyl adjacent to an activating group) is 1. The van der Waals surface area contributed by atoms with Gasteiger partial charge in [0.25, 0.3) is 0 Å². The molecule has 0 bridgehead atoms. The van der Waals surface area contributed by atoms with E-state index in [9.17, 15) is 0 Å². The minimum Gasteiger partial charge on any atom is -0.376 e. The molecule has 1 heterocycles. The van der Waals surface area contributed by atoms with E-state index >= 15 is 0 Å². The first-order valence-corrected chi connectivity index (χ1v) is 5.72. The van der Waals surface area contributed by atoms with Crippen LogP contribution < -0.4 is 5.32 Å². The Kier molecular flexibility index (Phi) is 3.39. The van der Waals surface area contributed by atoms with E-state index in [1.165, 1.54) is 11.1 Å². The van der Waals surface area contributed by atoms with E-state index in [-0.39, 0.29) is 0 Å². The van der Waals surface area contributed by atoms with Gasteiger partial charge in [-0.3, -0.25) is 0 Å². The fourth-order valence-corrected chi connectivity index (χ4v) is 2.29. The Hall–Kier alpha value is -0.860. The fraction of sp³-hybridized carbons (Fsp3) is 0.538. The average Bonchev–Trinajstić information content (AvgIpc) is 2.28.